The van der Waals surface area contributed by atoms with Gasteiger partial charge in [-0.2, -0.15) is 0 Å². The maximum Gasteiger partial charge on any atom is 0.253 e. The number of hydrogen-bond donors (Lipinski definition) is 2. The molecule has 1 heterocycles. The zero-order valence-corrected chi connectivity index (χ0v) is 15.9. The summed E-state index contributed by atoms with van der Waals surface area (Å²) in [6.07, 6.45) is 1.92. The Morgan fingerprint density at radius 2 is 1.76 bits per heavy atom. The summed E-state index contributed by atoms with van der Waals surface area (Å²) in [4.78, 5) is 14.4. The highest BCUT2D eigenvalue weighted by Crippen LogP contribution is 2.19. The van der Waals surface area contributed by atoms with E-state index in [2.05, 4.69) is 36.5 Å². The van der Waals surface area contributed by atoms with Gasteiger partial charge >= 0.3 is 0 Å². The van der Waals surface area contributed by atoms with Crippen molar-refractivity contribution in [2.75, 3.05) is 24.1 Å². The highest BCUT2D eigenvalue weighted by molar-refractivity contribution is 5.95. The van der Waals surface area contributed by atoms with Crippen LogP contribution in [-0.4, -0.2) is 29.9 Å². The lowest BCUT2D eigenvalue weighted by atomic mass is 10.0. The number of benzene rings is 2. The van der Waals surface area contributed by atoms with Crippen molar-refractivity contribution in [3.63, 3.8) is 0 Å². The minimum Gasteiger partial charge on any atom is -0.399 e. The monoisotopic (exact) mass is 381 g/mol. The molecular weight excluding hydrogens is 357 g/mol. The zero-order chi connectivity index (χ0) is 16.2. The van der Waals surface area contributed by atoms with E-state index < -0.39 is 0 Å². The maximum atomic E-state index is 12.5. The summed E-state index contributed by atoms with van der Waals surface area (Å²) < 4.78 is 0. The van der Waals surface area contributed by atoms with E-state index in [-0.39, 0.29) is 30.7 Å². The lowest BCUT2D eigenvalue weighted by molar-refractivity contribution is 0.0718. The van der Waals surface area contributed by atoms with Crippen molar-refractivity contribution in [1.29, 1.82) is 0 Å². The van der Waals surface area contributed by atoms with Crippen LogP contribution in [0.5, 0.6) is 0 Å². The molecule has 1 aliphatic heterocycles. The average molecular weight is 382 g/mol. The van der Waals surface area contributed by atoms with Crippen molar-refractivity contribution in [2.45, 2.75) is 25.8 Å². The molecule has 2 aromatic rings. The number of amides is 1. The van der Waals surface area contributed by atoms with Gasteiger partial charge in [0.05, 0.1) is 0 Å². The predicted molar refractivity (Wildman–Crippen MR) is 109 cm³/mol. The first-order valence-corrected chi connectivity index (χ1v) is 8.10. The van der Waals surface area contributed by atoms with Crippen molar-refractivity contribution in [3.8, 4) is 0 Å². The van der Waals surface area contributed by atoms with Crippen LogP contribution in [0.2, 0.25) is 0 Å². The predicted octanol–water partition coefficient (Wildman–Crippen LogP) is 4.14. The molecule has 136 valence electrons. The average Bonchev–Trinajstić information content (AvgIpc) is 2.55. The Bertz CT molecular complexity index is 701. The smallest absolute Gasteiger partial charge is 0.253 e. The molecule has 0 saturated carbocycles. The highest BCUT2D eigenvalue weighted by Gasteiger charge is 2.23. The van der Waals surface area contributed by atoms with Crippen LogP contribution in [0.15, 0.2) is 48.5 Å². The lowest BCUT2D eigenvalue weighted by Crippen LogP contribution is -2.42. The van der Waals surface area contributed by atoms with Gasteiger partial charge in [0.2, 0.25) is 0 Å². The lowest BCUT2D eigenvalue weighted by Gasteiger charge is -2.33. The molecule has 0 unspecified atom stereocenters. The van der Waals surface area contributed by atoms with E-state index in [9.17, 15) is 4.79 Å². The van der Waals surface area contributed by atoms with E-state index in [1.807, 2.05) is 17.0 Å². The second kappa shape index (κ2) is 9.54. The molecule has 0 spiro atoms. The number of rotatable bonds is 3. The number of piperidine rings is 1. The van der Waals surface area contributed by atoms with E-state index in [1.165, 1.54) is 5.56 Å². The van der Waals surface area contributed by atoms with Crippen molar-refractivity contribution >= 4 is 42.1 Å². The van der Waals surface area contributed by atoms with Gasteiger partial charge in [0.25, 0.3) is 5.91 Å². The molecule has 25 heavy (non-hydrogen) atoms. The normalized spacial score (nSPS) is 14.2. The maximum absolute atomic E-state index is 12.5. The molecule has 3 rings (SSSR count). The number of nitrogen functional groups attached to an aromatic ring is 1. The van der Waals surface area contributed by atoms with E-state index >= 15 is 0 Å². The second-order valence-electron chi connectivity index (χ2n) is 6.21. The SMILES string of the molecule is Cc1cccc(NC2CCN(C(=O)c3cccc(N)c3)CC2)c1.Cl.Cl. The van der Waals surface area contributed by atoms with Gasteiger partial charge in [0.1, 0.15) is 0 Å². The molecule has 0 aromatic heterocycles. The summed E-state index contributed by atoms with van der Waals surface area (Å²) in [6, 6.07) is 16.0. The van der Waals surface area contributed by atoms with Crippen molar-refractivity contribution in [2.24, 2.45) is 0 Å². The Morgan fingerprint density at radius 3 is 2.40 bits per heavy atom. The first-order chi connectivity index (χ1) is 11.1. The van der Waals surface area contributed by atoms with E-state index in [4.69, 9.17) is 5.73 Å². The third-order valence-corrected chi connectivity index (χ3v) is 4.30. The van der Waals surface area contributed by atoms with Crippen LogP contribution >= 0.6 is 24.8 Å². The summed E-state index contributed by atoms with van der Waals surface area (Å²) in [5, 5.41) is 3.57. The van der Waals surface area contributed by atoms with Crippen LogP contribution in [0.25, 0.3) is 0 Å². The van der Waals surface area contributed by atoms with Gasteiger partial charge in [-0.1, -0.05) is 18.2 Å². The Balaban J connectivity index is 0.00000156. The number of carbonyl (C=O) groups is 1. The van der Waals surface area contributed by atoms with Crippen molar-refractivity contribution in [3.05, 3.63) is 59.7 Å². The fourth-order valence-corrected chi connectivity index (χ4v) is 3.05. The summed E-state index contributed by atoms with van der Waals surface area (Å²) in [6.45, 7) is 3.65. The van der Waals surface area contributed by atoms with Crippen LogP contribution in [0.1, 0.15) is 28.8 Å². The van der Waals surface area contributed by atoms with Gasteiger partial charge in [0, 0.05) is 36.1 Å². The number of halogens is 2. The fraction of sp³-hybridized carbons (Fsp3) is 0.316. The molecule has 1 saturated heterocycles. The molecule has 2 aromatic carbocycles. The van der Waals surface area contributed by atoms with Gasteiger partial charge in [-0.3, -0.25) is 4.79 Å². The van der Waals surface area contributed by atoms with Crippen LogP contribution in [0, 0.1) is 6.92 Å². The number of nitrogens with zero attached hydrogens (tertiary/aromatic N) is 1. The molecule has 0 atom stereocenters. The van der Waals surface area contributed by atoms with E-state index in [1.54, 1.807) is 12.1 Å². The quantitative estimate of drug-likeness (QED) is 0.785. The molecule has 1 fully saturated rings. The number of nitrogens with one attached hydrogen (secondary N) is 1. The topological polar surface area (TPSA) is 58.4 Å². The third-order valence-electron chi connectivity index (χ3n) is 4.30. The Hall–Kier alpha value is -1.91. The van der Waals surface area contributed by atoms with E-state index in [0.29, 0.717) is 17.3 Å². The van der Waals surface area contributed by atoms with Gasteiger partial charge in [-0.05, 0) is 55.7 Å². The van der Waals surface area contributed by atoms with Gasteiger partial charge < -0.3 is 16.0 Å². The van der Waals surface area contributed by atoms with Gasteiger partial charge in [0.15, 0.2) is 0 Å². The Labute approximate surface area is 161 Å². The van der Waals surface area contributed by atoms with Crippen LogP contribution in [0.4, 0.5) is 11.4 Å². The minimum atomic E-state index is 0. The van der Waals surface area contributed by atoms with E-state index in [0.717, 1.165) is 31.6 Å². The molecule has 6 heteroatoms. The molecule has 0 aliphatic carbocycles. The first kappa shape index (κ1) is 21.1. The standard InChI is InChI=1S/C19H23N3O.2ClH/c1-14-4-2-7-18(12-14)21-17-8-10-22(11-9-17)19(23)15-5-3-6-16(20)13-15;;/h2-7,12-13,17,21H,8-11,20H2,1H3;2*1H. The number of anilines is 2. The van der Waals surface area contributed by atoms with Crippen molar-refractivity contribution < 1.29 is 4.79 Å². The molecule has 3 N–H and O–H groups in total. The second-order valence-corrected chi connectivity index (χ2v) is 6.21. The van der Waals surface area contributed by atoms with Gasteiger partial charge in [-0.25, -0.2) is 0 Å². The molecule has 1 amide bonds. The number of aryl methyl sites for hydroxylation is 1. The number of likely N-dealkylation sites (tertiary alicyclic amines) is 1. The summed E-state index contributed by atoms with van der Waals surface area (Å²) in [5.74, 6) is 0.0753. The minimum absolute atomic E-state index is 0. The third kappa shape index (κ3) is 5.55. The summed E-state index contributed by atoms with van der Waals surface area (Å²) in [5.41, 5.74) is 9.48. The molecular formula is C19H25Cl2N3O. The van der Waals surface area contributed by atoms with Crippen LogP contribution in [-0.2, 0) is 0 Å². The van der Waals surface area contributed by atoms with Gasteiger partial charge in [-0.15, -0.1) is 24.8 Å². The summed E-state index contributed by atoms with van der Waals surface area (Å²) >= 11 is 0. The number of carbonyl (C=O) groups excluding carboxylic acids is 1. The molecule has 1 aliphatic rings. The zero-order valence-electron chi connectivity index (χ0n) is 14.3. The summed E-state index contributed by atoms with van der Waals surface area (Å²) in [7, 11) is 0. The Kier molecular flexibility index (Phi) is 8.07. The first-order valence-electron chi connectivity index (χ1n) is 8.10. The van der Waals surface area contributed by atoms with Crippen molar-refractivity contribution in [1.82, 2.24) is 4.90 Å². The molecule has 0 bridgehead atoms. The van der Waals surface area contributed by atoms with Crippen LogP contribution in [0.3, 0.4) is 0 Å². The number of nitrogens with two attached hydrogens (primary N) is 1. The molecule has 0 radical (unpaired) electrons. The fourth-order valence-electron chi connectivity index (χ4n) is 3.05. The van der Waals surface area contributed by atoms with Crippen LogP contribution < -0.4 is 11.1 Å². The number of hydrogen-bond acceptors (Lipinski definition) is 3. The molecule has 4 nitrogen and oxygen atoms in total. The Morgan fingerprint density at radius 1 is 1.08 bits per heavy atom. The largest absolute Gasteiger partial charge is 0.399 e. The highest BCUT2D eigenvalue weighted by atomic mass is 35.5.